The van der Waals surface area contributed by atoms with Crippen molar-refractivity contribution in [3.63, 3.8) is 0 Å². The number of allylic oxidation sites excluding steroid dienone is 2. The molecule has 1 aromatic heterocycles. The molecule has 2 aliphatic carbocycles. The van der Waals surface area contributed by atoms with Crippen LogP contribution >= 0.6 is 23.1 Å². The van der Waals surface area contributed by atoms with E-state index in [1.807, 2.05) is 48.6 Å². The monoisotopic (exact) mass is 627 g/mol. The molecule has 0 bridgehead atoms. The van der Waals surface area contributed by atoms with Crippen LogP contribution in [0.25, 0.3) is 0 Å². The van der Waals surface area contributed by atoms with Crippen molar-refractivity contribution in [2.75, 3.05) is 10.6 Å². The van der Waals surface area contributed by atoms with Crippen LogP contribution < -0.4 is 10.6 Å². The minimum Gasteiger partial charge on any atom is -0.481 e. The highest BCUT2D eigenvalue weighted by Crippen LogP contribution is 2.45. The number of hydrogen-bond donors (Lipinski definition) is 3. The molecule has 0 saturated carbocycles. The van der Waals surface area contributed by atoms with E-state index in [2.05, 4.69) is 37.5 Å². The molecule has 2 amide bonds. The molecule has 0 fully saturated rings. The van der Waals surface area contributed by atoms with Crippen LogP contribution in [0.4, 0.5) is 10.7 Å². The van der Waals surface area contributed by atoms with Gasteiger partial charge in [-0.2, -0.15) is 5.26 Å². The zero-order valence-electron chi connectivity index (χ0n) is 25.1. The van der Waals surface area contributed by atoms with Crippen molar-refractivity contribution in [3.8, 4) is 6.07 Å². The van der Waals surface area contributed by atoms with Gasteiger partial charge in [0.25, 0.3) is 0 Å². The number of fused-ring (bicyclic) bond motifs is 1. The normalized spacial score (nSPS) is 20.2. The molecular weight excluding hydrogens is 591 g/mol. The van der Waals surface area contributed by atoms with Crippen molar-refractivity contribution in [1.29, 1.82) is 5.26 Å². The summed E-state index contributed by atoms with van der Waals surface area (Å²) < 4.78 is 0. The number of thiophene rings is 1. The van der Waals surface area contributed by atoms with Gasteiger partial charge in [-0.25, -0.2) is 0 Å². The molecule has 0 aliphatic heterocycles. The summed E-state index contributed by atoms with van der Waals surface area (Å²) in [5.74, 6) is -2.42. The summed E-state index contributed by atoms with van der Waals surface area (Å²) in [6, 6.07) is 19.1. The van der Waals surface area contributed by atoms with Crippen molar-refractivity contribution >= 4 is 51.6 Å². The summed E-state index contributed by atoms with van der Waals surface area (Å²) in [4.78, 5) is 40.7. The number of carbonyl (C=O) groups excluding carboxylic acids is 2. The Morgan fingerprint density at radius 2 is 1.75 bits per heavy atom. The maximum atomic E-state index is 13.9. The average molecular weight is 628 g/mol. The average Bonchev–Trinajstić information content (AvgIpc) is 3.36. The van der Waals surface area contributed by atoms with Gasteiger partial charge in [0.1, 0.15) is 16.3 Å². The van der Waals surface area contributed by atoms with Crippen molar-refractivity contribution < 1.29 is 19.5 Å². The maximum absolute atomic E-state index is 13.9. The van der Waals surface area contributed by atoms with E-state index in [0.717, 1.165) is 35.3 Å². The summed E-state index contributed by atoms with van der Waals surface area (Å²) in [5, 5.41) is 25.6. The molecule has 5 rings (SSSR count). The number of thioether (sulfide) groups is 1. The Bertz CT molecular complexity index is 1620. The molecule has 1 heterocycles. The first-order valence-corrected chi connectivity index (χ1v) is 16.6. The number of benzene rings is 2. The summed E-state index contributed by atoms with van der Waals surface area (Å²) in [6.07, 6.45) is 7.14. The second-order valence-corrected chi connectivity index (χ2v) is 14.8. The van der Waals surface area contributed by atoms with Gasteiger partial charge in [0, 0.05) is 15.5 Å². The van der Waals surface area contributed by atoms with Crippen LogP contribution in [0.5, 0.6) is 0 Å². The van der Waals surface area contributed by atoms with E-state index in [0.29, 0.717) is 35.0 Å². The summed E-state index contributed by atoms with van der Waals surface area (Å²) in [5.41, 5.74) is 3.17. The van der Waals surface area contributed by atoms with Crippen LogP contribution in [0, 0.1) is 34.5 Å². The van der Waals surface area contributed by atoms with Crippen LogP contribution in [0.3, 0.4) is 0 Å². The van der Waals surface area contributed by atoms with Gasteiger partial charge < -0.3 is 15.7 Å². The van der Waals surface area contributed by atoms with Gasteiger partial charge in [-0.05, 0) is 72.8 Å². The number of carbonyl (C=O) groups is 3. The fraction of sp³-hybridized carbons (Fsp3) is 0.371. The molecule has 7 nitrogen and oxygen atoms in total. The van der Waals surface area contributed by atoms with Crippen molar-refractivity contribution in [2.45, 2.75) is 63.0 Å². The zero-order chi connectivity index (χ0) is 31.4. The number of hydrogen-bond acceptors (Lipinski definition) is 6. The number of anilines is 2. The van der Waals surface area contributed by atoms with Gasteiger partial charge in [0.05, 0.1) is 17.4 Å². The highest BCUT2D eigenvalue weighted by Gasteiger charge is 2.35. The Kier molecular flexibility index (Phi) is 9.62. The van der Waals surface area contributed by atoms with Crippen LogP contribution in [-0.2, 0) is 27.2 Å². The summed E-state index contributed by atoms with van der Waals surface area (Å²) >= 11 is 2.88. The predicted octanol–water partition coefficient (Wildman–Crippen LogP) is 7.85. The second kappa shape index (κ2) is 13.4. The predicted molar refractivity (Wildman–Crippen MR) is 176 cm³/mol. The lowest BCUT2D eigenvalue weighted by atomic mass is 9.72. The molecule has 3 aromatic rings. The minimum atomic E-state index is -0.976. The van der Waals surface area contributed by atoms with E-state index < -0.39 is 23.1 Å². The smallest absolute Gasteiger partial charge is 0.307 e. The molecule has 4 unspecified atom stereocenters. The van der Waals surface area contributed by atoms with Crippen LogP contribution in [0.2, 0.25) is 0 Å². The number of aliphatic carboxylic acids is 1. The third-order valence-electron chi connectivity index (χ3n) is 8.62. The van der Waals surface area contributed by atoms with Crippen LogP contribution in [0.15, 0.2) is 71.6 Å². The third-order valence-corrected chi connectivity index (χ3v) is 11.0. The lowest BCUT2D eigenvalue weighted by Gasteiger charge is -2.33. The van der Waals surface area contributed by atoms with Crippen molar-refractivity contribution in [3.05, 3.63) is 88.3 Å². The first-order chi connectivity index (χ1) is 21.0. The molecule has 3 N–H and O–H groups in total. The van der Waals surface area contributed by atoms with Gasteiger partial charge in [-0.15, -0.1) is 23.1 Å². The van der Waals surface area contributed by atoms with E-state index in [9.17, 15) is 24.8 Å². The lowest BCUT2D eigenvalue weighted by molar-refractivity contribution is -0.146. The number of amides is 2. The first kappa shape index (κ1) is 31.6. The number of carboxylic acids is 1. The number of nitrogens with zero attached hydrogens (tertiary/aromatic N) is 1. The SMILES string of the molecule is CC(C)(C)C1CCc2c(sc(NC(=O)C(Sc3cccc(NC(=O)C4CC=CCC4C(=O)O)c3)c3ccccc3)c2C#N)C1. The van der Waals surface area contributed by atoms with Gasteiger partial charge in [-0.3, -0.25) is 14.4 Å². The Hall–Kier alpha value is -3.87. The largest absolute Gasteiger partial charge is 0.481 e. The Balaban J connectivity index is 1.36. The van der Waals surface area contributed by atoms with E-state index in [1.165, 1.54) is 28.0 Å². The van der Waals surface area contributed by atoms with Crippen LogP contribution in [0.1, 0.15) is 66.9 Å². The second-order valence-electron chi connectivity index (χ2n) is 12.5. The molecule has 2 aliphatic rings. The van der Waals surface area contributed by atoms with E-state index >= 15 is 0 Å². The third kappa shape index (κ3) is 7.09. The molecule has 2 aromatic carbocycles. The first-order valence-electron chi connectivity index (χ1n) is 14.9. The van der Waals surface area contributed by atoms with Gasteiger partial charge in [-0.1, -0.05) is 69.3 Å². The molecule has 0 spiro atoms. The van der Waals surface area contributed by atoms with Crippen LogP contribution in [-0.4, -0.2) is 22.9 Å². The Labute approximate surface area is 266 Å². The molecular formula is C35H37N3O4S2. The number of rotatable bonds is 8. The van der Waals surface area contributed by atoms with Gasteiger partial charge in [0.15, 0.2) is 0 Å². The minimum absolute atomic E-state index is 0.173. The molecule has 0 radical (unpaired) electrons. The van der Waals surface area contributed by atoms with Gasteiger partial charge in [0.2, 0.25) is 11.8 Å². The fourth-order valence-electron chi connectivity index (χ4n) is 6.00. The molecule has 44 heavy (non-hydrogen) atoms. The fourth-order valence-corrected chi connectivity index (χ4v) is 8.37. The highest BCUT2D eigenvalue weighted by molar-refractivity contribution is 8.00. The molecule has 0 saturated heterocycles. The quantitative estimate of drug-likeness (QED) is 0.173. The van der Waals surface area contributed by atoms with Gasteiger partial charge >= 0.3 is 5.97 Å². The van der Waals surface area contributed by atoms with E-state index in [4.69, 9.17) is 0 Å². The molecule has 9 heteroatoms. The maximum Gasteiger partial charge on any atom is 0.307 e. The van der Waals surface area contributed by atoms with Crippen molar-refractivity contribution in [2.24, 2.45) is 23.2 Å². The molecule has 4 atom stereocenters. The Morgan fingerprint density at radius 1 is 1.02 bits per heavy atom. The standard InChI is InChI=1S/C35H37N3O4S2/c1-35(2,3)22-16-17-25-28(20-36)33(44-29(25)18-22)38-32(40)30(21-10-5-4-6-11-21)43-24-13-9-12-23(19-24)37-31(39)26-14-7-8-15-27(26)34(41)42/h4-13,19,22,26-27,30H,14-18H2,1-3H3,(H,37,39)(H,38,40)(H,41,42). The summed E-state index contributed by atoms with van der Waals surface area (Å²) in [7, 11) is 0. The molecule has 228 valence electrons. The Morgan fingerprint density at radius 3 is 2.43 bits per heavy atom. The highest BCUT2D eigenvalue weighted by atomic mass is 32.2. The number of nitriles is 1. The topological polar surface area (TPSA) is 119 Å². The number of nitrogens with one attached hydrogen (secondary N) is 2. The van der Waals surface area contributed by atoms with E-state index in [-0.39, 0.29) is 17.2 Å². The number of carboxylic acid groups (broad SMARTS) is 1. The zero-order valence-corrected chi connectivity index (χ0v) is 26.8. The summed E-state index contributed by atoms with van der Waals surface area (Å²) in [6.45, 7) is 6.77. The van der Waals surface area contributed by atoms with Crippen molar-refractivity contribution in [1.82, 2.24) is 0 Å². The van der Waals surface area contributed by atoms with E-state index in [1.54, 1.807) is 18.2 Å². The lowest BCUT2D eigenvalue weighted by Crippen LogP contribution is -2.34.